The van der Waals surface area contributed by atoms with Crippen LogP contribution in [0.1, 0.15) is 33.1 Å². The highest BCUT2D eigenvalue weighted by Crippen LogP contribution is 2.26. The molecule has 4 nitrogen and oxygen atoms in total. The van der Waals surface area contributed by atoms with Crippen LogP contribution >= 0.6 is 0 Å². The number of cyclic esters (lactones) is 1. The van der Waals surface area contributed by atoms with Gasteiger partial charge in [0.1, 0.15) is 0 Å². The zero-order valence-corrected chi connectivity index (χ0v) is 9.44. The Morgan fingerprint density at radius 1 is 1.47 bits per heavy atom. The molecule has 0 unspecified atom stereocenters. The van der Waals surface area contributed by atoms with Crippen molar-refractivity contribution in [3.8, 4) is 0 Å². The quantitative estimate of drug-likeness (QED) is 0.702. The molecule has 2 aliphatic heterocycles. The standard InChI is InChI=1S/C11H19NO3/c1-8(2)15-10-3-5-12-9(7-10)4-6-14-11(12)13/h8-10H,3-7H2,1-2H3/t9-,10+/m0/s1. The van der Waals surface area contributed by atoms with Gasteiger partial charge in [-0.2, -0.15) is 0 Å². The number of hydrogen-bond acceptors (Lipinski definition) is 3. The molecular weight excluding hydrogens is 194 g/mol. The summed E-state index contributed by atoms with van der Waals surface area (Å²) in [6.07, 6.45) is 3.30. The van der Waals surface area contributed by atoms with Gasteiger partial charge in [0.15, 0.2) is 0 Å². The van der Waals surface area contributed by atoms with E-state index in [-0.39, 0.29) is 12.2 Å². The molecule has 2 aliphatic rings. The van der Waals surface area contributed by atoms with Crippen LogP contribution in [0.5, 0.6) is 0 Å². The second kappa shape index (κ2) is 4.39. The molecular formula is C11H19NO3. The zero-order valence-electron chi connectivity index (χ0n) is 9.44. The number of nitrogens with zero attached hydrogens (tertiary/aromatic N) is 1. The second-order valence-corrected chi connectivity index (χ2v) is 4.58. The lowest BCUT2D eigenvalue weighted by molar-refractivity contribution is -0.0565. The molecule has 15 heavy (non-hydrogen) atoms. The molecule has 2 saturated heterocycles. The van der Waals surface area contributed by atoms with Gasteiger partial charge in [-0.3, -0.25) is 0 Å². The van der Waals surface area contributed by atoms with E-state index in [4.69, 9.17) is 9.47 Å². The van der Waals surface area contributed by atoms with Crippen molar-refractivity contribution in [1.29, 1.82) is 0 Å². The predicted molar refractivity (Wildman–Crippen MR) is 55.7 cm³/mol. The summed E-state index contributed by atoms with van der Waals surface area (Å²) >= 11 is 0. The fourth-order valence-electron chi connectivity index (χ4n) is 2.40. The average molecular weight is 213 g/mol. The lowest BCUT2D eigenvalue weighted by Gasteiger charge is -2.41. The fraction of sp³-hybridized carbons (Fsp3) is 0.909. The monoisotopic (exact) mass is 213 g/mol. The van der Waals surface area contributed by atoms with E-state index in [1.807, 2.05) is 4.90 Å². The van der Waals surface area contributed by atoms with Crippen LogP contribution in [0.3, 0.4) is 0 Å². The van der Waals surface area contributed by atoms with Gasteiger partial charge in [-0.25, -0.2) is 4.79 Å². The first-order chi connectivity index (χ1) is 7.16. The van der Waals surface area contributed by atoms with Crippen LogP contribution in [0.25, 0.3) is 0 Å². The Hall–Kier alpha value is -0.770. The van der Waals surface area contributed by atoms with Crippen LogP contribution in [0.2, 0.25) is 0 Å². The van der Waals surface area contributed by atoms with E-state index in [1.165, 1.54) is 0 Å². The van der Waals surface area contributed by atoms with Gasteiger partial charge in [-0.1, -0.05) is 0 Å². The summed E-state index contributed by atoms with van der Waals surface area (Å²) in [5, 5.41) is 0. The van der Waals surface area contributed by atoms with Crippen LogP contribution in [0.15, 0.2) is 0 Å². The molecule has 2 atom stereocenters. The number of piperidine rings is 1. The molecule has 0 bridgehead atoms. The molecule has 1 amide bonds. The van der Waals surface area contributed by atoms with Gasteiger partial charge in [-0.05, 0) is 26.7 Å². The molecule has 86 valence electrons. The minimum absolute atomic E-state index is 0.144. The highest BCUT2D eigenvalue weighted by Gasteiger charge is 2.35. The van der Waals surface area contributed by atoms with Crippen molar-refractivity contribution >= 4 is 6.09 Å². The number of ether oxygens (including phenoxy) is 2. The summed E-state index contributed by atoms with van der Waals surface area (Å²) in [6.45, 7) is 5.46. The smallest absolute Gasteiger partial charge is 0.410 e. The average Bonchev–Trinajstić information content (AvgIpc) is 2.17. The number of amides is 1. The Labute approximate surface area is 90.5 Å². The maximum atomic E-state index is 11.4. The van der Waals surface area contributed by atoms with Crippen molar-refractivity contribution in [2.45, 2.75) is 51.4 Å². The zero-order chi connectivity index (χ0) is 10.8. The molecule has 2 heterocycles. The van der Waals surface area contributed by atoms with Crippen LogP contribution < -0.4 is 0 Å². The summed E-state index contributed by atoms with van der Waals surface area (Å²) in [6, 6.07) is 0.337. The third-order valence-corrected chi connectivity index (χ3v) is 3.04. The van der Waals surface area contributed by atoms with Gasteiger partial charge in [-0.15, -0.1) is 0 Å². The van der Waals surface area contributed by atoms with Gasteiger partial charge < -0.3 is 14.4 Å². The number of hydrogen-bond donors (Lipinski definition) is 0. The molecule has 2 fully saturated rings. The molecule has 2 rings (SSSR count). The lowest BCUT2D eigenvalue weighted by Crippen LogP contribution is -2.52. The van der Waals surface area contributed by atoms with E-state index in [1.54, 1.807) is 0 Å². The van der Waals surface area contributed by atoms with Gasteiger partial charge in [0, 0.05) is 19.0 Å². The second-order valence-electron chi connectivity index (χ2n) is 4.58. The number of carbonyl (C=O) groups excluding carboxylic acids is 1. The van der Waals surface area contributed by atoms with Crippen molar-refractivity contribution in [2.75, 3.05) is 13.2 Å². The Morgan fingerprint density at radius 3 is 3.00 bits per heavy atom. The van der Waals surface area contributed by atoms with Crippen molar-refractivity contribution in [3.63, 3.8) is 0 Å². The Kier molecular flexibility index (Phi) is 3.14. The largest absolute Gasteiger partial charge is 0.449 e. The Balaban J connectivity index is 1.91. The maximum Gasteiger partial charge on any atom is 0.410 e. The third kappa shape index (κ3) is 2.43. The van der Waals surface area contributed by atoms with E-state index in [0.717, 1.165) is 25.8 Å². The molecule has 4 heteroatoms. The first-order valence-electron chi connectivity index (χ1n) is 5.75. The minimum atomic E-state index is -0.144. The molecule has 0 aliphatic carbocycles. The summed E-state index contributed by atoms with van der Waals surface area (Å²) in [4.78, 5) is 13.3. The molecule has 0 aromatic carbocycles. The third-order valence-electron chi connectivity index (χ3n) is 3.04. The topological polar surface area (TPSA) is 38.8 Å². The summed E-state index contributed by atoms with van der Waals surface area (Å²) in [7, 11) is 0. The van der Waals surface area contributed by atoms with Crippen LogP contribution in [-0.2, 0) is 9.47 Å². The molecule has 0 spiro atoms. The normalized spacial score (nSPS) is 31.4. The van der Waals surface area contributed by atoms with Crippen molar-refractivity contribution in [1.82, 2.24) is 4.90 Å². The van der Waals surface area contributed by atoms with E-state index in [9.17, 15) is 4.79 Å². The minimum Gasteiger partial charge on any atom is -0.449 e. The van der Waals surface area contributed by atoms with Gasteiger partial charge in [0.25, 0.3) is 0 Å². The summed E-state index contributed by atoms with van der Waals surface area (Å²) in [5.74, 6) is 0. The maximum absolute atomic E-state index is 11.4. The molecule has 0 radical (unpaired) electrons. The predicted octanol–water partition coefficient (Wildman–Crippen LogP) is 1.78. The van der Waals surface area contributed by atoms with Gasteiger partial charge in [0.05, 0.1) is 18.8 Å². The molecule has 0 saturated carbocycles. The number of rotatable bonds is 2. The van der Waals surface area contributed by atoms with Crippen LogP contribution in [0, 0.1) is 0 Å². The van der Waals surface area contributed by atoms with E-state index in [2.05, 4.69) is 13.8 Å². The fourth-order valence-corrected chi connectivity index (χ4v) is 2.40. The van der Waals surface area contributed by atoms with Crippen molar-refractivity contribution in [2.24, 2.45) is 0 Å². The van der Waals surface area contributed by atoms with E-state index < -0.39 is 0 Å². The van der Waals surface area contributed by atoms with Crippen LogP contribution in [-0.4, -0.2) is 42.4 Å². The summed E-state index contributed by atoms with van der Waals surface area (Å²) < 4.78 is 10.8. The first kappa shape index (κ1) is 10.7. The Morgan fingerprint density at radius 2 is 2.27 bits per heavy atom. The molecule has 0 aromatic rings. The molecule has 0 aromatic heterocycles. The van der Waals surface area contributed by atoms with Gasteiger partial charge >= 0.3 is 6.09 Å². The highest BCUT2D eigenvalue weighted by molar-refractivity contribution is 5.68. The number of fused-ring (bicyclic) bond motifs is 1. The lowest BCUT2D eigenvalue weighted by atomic mass is 9.96. The number of carbonyl (C=O) groups is 1. The van der Waals surface area contributed by atoms with Gasteiger partial charge in [0.2, 0.25) is 0 Å². The Bertz CT molecular complexity index is 242. The van der Waals surface area contributed by atoms with E-state index in [0.29, 0.717) is 18.8 Å². The summed E-state index contributed by atoms with van der Waals surface area (Å²) in [5.41, 5.74) is 0. The molecule has 0 N–H and O–H groups in total. The SMILES string of the molecule is CC(C)O[C@@H]1CCN2C(=O)OCC[C@H]2C1. The van der Waals surface area contributed by atoms with Crippen LogP contribution in [0.4, 0.5) is 4.79 Å². The highest BCUT2D eigenvalue weighted by atomic mass is 16.6. The first-order valence-corrected chi connectivity index (χ1v) is 5.75. The van der Waals surface area contributed by atoms with Crippen molar-refractivity contribution < 1.29 is 14.3 Å². The van der Waals surface area contributed by atoms with Crippen molar-refractivity contribution in [3.05, 3.63) is 0 Å². The van der Waals surface area contributed by atoms with E-state index >= 15 is 0 Å².